The molecule has 6 rings (SSSR count). The summed E-state index contributed by atoms with van der Waals surface area (Å²) >= 11 is 12.5. The highest BCUT2D eigenvalue weighted by Gasteiger charge is 2.55. The highest BCUT2D eigenvalue weighted by molar-refractivity contribution is 6.43. The molecule has 46 heavy (non-hydrogen) atoms. The molecule has 0 unspecified atom stereocenters. The second-order valence-electron chi connectivity index (χ2n) is 10.9. The third kappa shape index (κ3) is 6.76. The first-order chi connectivity index (χ1) is 22.3. The van der Waals surface area contributed by atoms with Gasteiger partial charge in [-0.1, -0.05) is 83.9 Å². The first kappa shape index (κ1) is 32.0. The Morgan fingerprint density at radius 1 is 0.783 bits per heavy atom. The van der Waals surface area contributed by atoms with Crippen LogP contribution in [0.25, 0.3) is 0 Å². The number of carbonyl (C=O) groups is 2. The Morgan fingerprint density at radius 2 is 1.33 bits per heavy atom. The first-order valence-corrected chi connectivity index (χ1v) is 15.4. The fraction of sp³-hybridized carbons (Fsp3) is 0.257. The van der Waals surface area contributed by atoms with E-state index in [1.54, 1.807) is 31.4 Å². The lowest BCUT2D eigenvalue weighted by Crippen LogP contribution is -2.67. The average Bonchev–Trinajstić information content (AvgIpc) is 3.30. The molecule has 0 aliphatic carbocycles. The SMILES string of the molecule is COc1ccc(O[C@@H]2O[C@H](COCc3ccccc3)[C@@H](O)[C@H](OCc3ccccc3)[C@H]2N2C(=O)c3cc(Cl)c(Cl)cc3C2=O)cc1. The quantitative estimate of drug-likeness (QED) is 0.197. The maximum atomic E-state index is 13.9. The van der Waals surface area contributed by atoms with Gasteiger partial charge in [-0.2, -0.15) is 0 Å². The van der Waals surface area contributed by atoms with Crippen LogP contribution < -0.4 is 9.47 Å². The molecule has 1 fully saturated rings. The van der Waals surface area contributed by atoms with Crippen molar-refractivity contribution < 1.29 is 38.4 Å². The van der Waals surface area contributed by atoms with Gasteiger partial charge in [0.2, 0.25) is 6.29 Å². The highest BCUT2D eigenvalue weighted by Crippen LogP contribution is 2.38. The van der Waals surface area contributed by atoms with Gasteiger partial charge in [0.1, 0.15) is 35.9 Å². The lowest BCUT2D eigenvalue weighted by atomic mass is 9.95. The summed E-state index contributed by atoms with van der Waals surface area (Å²) in [5.41, 5.74) is 1.92. The molecular weight excluding hydrogens is 633 g/mol. The van der Waals surface area contributed by atoms with Crippen molar-refractivity contribution in [3.05, 3.63) is 129 Å². The Hall–Kier alpha value is -3.96. The van der Waals surface area contributed by atoms with Crippen LogP contribution in [0, 0.1) is 0 Å². The number of fused-ring (bicyclic) bond motifs is 1. The lowest BCUT2D eigenvalue weighted by Gasteiger charge is -2.46. The summed E-state index contributed by atoms with van der Waals surface area (Å²) in [5.74, 6) is -0.306. The molecule has 0 radical (unpaired) electrons. The second-order valence-corrected chi connectivity index (χ2v) is 11.7. The van der Waals surface area contributed by atoms with Crippen LogP contribution >= 0.6 is 23.2 Å². The highest BCUT2D eigenvalue weighted by atomic mass is 35.5. The smallest absolute Gasteiger partial charge is 0.262 e. The fourth-order valence-electron chi connectivity index (χ4n) is 5.55. The minimum atomic E-state index is -1.32. The normalized spacial score (nSPS) is 22.5. The number of halogens is 2. The van der Waals surface area contributed by atoms with Gasteiger partial charge < -0.3 is 28.8 Å². The van der Waals surface area contributed by atoms with Crippen molar-refractivity contribution >= 4 is 35.0 Å². The van der Waals surface area contributed by atoms with E-state index in [4.69, 9.17) is 46.9 Å². The zero-order chi connectivity index (χ0) is 32.2. The molecule has 9 nitrogen and oxygen atoms in total. The van der Waals surface area contributed by atoms with Crippen molar-refractivity contribution in [2.45, 2.75) is 43.9 Å². The van der Waals surface area contributed by atoms with Gasteiger partial charge >= 0.3 is 0 Å². The van der Waals surface area contributed by atoms with Gasteiger partial charge in [0, 0.05) is 0 Å². The van der Waals surface area contributed by atoms with E-state index in [1.807, 2.05) is 60.7 Å². The molecule has 4 aromatic carbocycles. The van der Waals surface area contributed by atoms with Crippen LogP contribution in [0.4, 0.5) is 0 Å². The second kappa shape index (κ2) is 14.2. The molecule has 0 aromatic heterocycles. The van der Waals surface area contributed by atoms with Crippen molar-refractivity contribution in [3.8, 4) is 11.5 Å². The predicted octanol–water partition coefficient (Wildman–Crippen LogP) is 5.93. The van der Waals surface area contributed by atoms with E-state index in [-0.39, 0.29) is 41.0 Å². The number of amides is 2. The van der Waals surface area contributed by atoms with Gasteiger partial charge in [0.15, 0.2) is 0 Å². The third-order valence-electron chi connectivity index (χ3n) is 7.89. The third-order valence-corrected chi connectivity index (χ3v) is 8.61. The molecule has 1 saturated heterocycles. The number of methoxy groups -OCH3 is 1. The molecule has 2 heterocycles. The Labute approximate surface area is 276 Å². The molecule has 238 valence electrons. The van der Waals surface area contributed by atoms with E-state index >= 15 is 0 Å². The van der Waals surface area contributed by atoms with E-state index in [0.717, 1.165) is 16.0 Å². The van der Waals surface area contributed by atoms with E-state index in [2.05, 4.69) is 0 Å². The number of hydrogen-bond acceptors (Lipinski definition) is 8. The summed E-state index contributed by atoms with van der Waals surface area (Å²) in [5, 5.41) is 12.0. The van der Waals surface area contributed by atoms with Crippen molar-refractivity contribution in [1.82, 2.24) is 4.90 Å². The first-order valence-electron chi connectivity index (χ1n) is 14.6. The van der Waals surface area contributed by atoms with Crippen molar-refractivity contribution in [2.75, 3.05) is 13.7 Å². The summed E-state index contributed by atoms with van der Waals surface area (Å²) in [4.78, 5) is 28.8. The molecule has 0 saturated carbocycles. The number of rotatable bonds is 11. The van der Waals surface area contributed by atoms with Crippen LogP contribution in [0.5, 0.6) is 11.5 Å². The molecule has 4 aromatic rings. The molecule has 0 bridgehead atoms. The summed E-state index contributed by atoms with van der Waals surface area (Å²) in [6.07, 6.45) is -4.67. The van der Waals surface area contributed by atoms with E-state index < -0.39 is 42.5 Å². The molecule has 11 heteroatoms. The number of aliphatic hydroxyl groups is 1. The van der Waals surface area contributed by atoms with Crippen LogP contribution in [0.3, 0.4) is 0 Å². The maximum Gasteiger partial charge on any atom is 0.262 e. The Bertz CT molecular complexity index is 1630. The number of carbonyl (C=O) groups excluding carboxylic acids is 2. The van der Waals surface area contributed by atoms with Crippen LogP contribution in [-0.2, 0) is 27.4 Å². The number of hydrogen-bond donors (Lipinski definition) is 1. The minimum Gasteiger partial charge on any atom is -0.497 e. The Morgan fingerprint density at radius 3 is 1.89 bits per heavy atom. The molecule has 5 atom stereocenters. The van der Waals surface area contributed by atoms with Gasteiger partial charge in [0.05, 0.1) is 48.1 Å². The molecule has 0 spiro atoms. The number of ether oxygens (including phenoxy) is 5. The Balaban J connectivity index is 1.36. The topological polar surface area (TPSA) is 104 Å². The predicted molar refractivity (Wildman–Crippen MR) is 170 cm³/mol. The number of benzene rings is 4. The zero-order valence-electron chi connectivity index (χ0n) is 24.8. The van der Waals surface area contributed by atoms with Crippen LogP contribution in [0.15, 0.2) is 97.1 Å². The zero-order valence-corrected chi connectivity index (χ0v) is 26.3. The minimum absolute atomic E-state index is 0.0240. The molecular formula is C35H31Cl2NO8. The van der Waals surface area contributed by atoms with Crippen LogP contribution in [0.1, 0.15) is 31.8 Å². The van der Waals surface area contributed by atoms with Gasteiger partial charge in [0.25, 0.3) is 11.8 Å². The van der Waals surface area contributed by atoms with Gasteiger partial charge in [-0.15, -0.1) is 0 Å². The lowest BCUT2D eigenvalue weighted by molar-refractivity contribution is -0.267. The van der Waals surface area contributed by atoms with Crippen molar-refractivity contribution in [3.63, 3.8) is 0 Å². The van der Waals surface area contributed by atoms with Gasteiger partial charge in [-0.3, -0.25) is 14.5 Å². The number of imide groups is 1. The number of nitrogens with zero attached hydrogens (tertiary/aromatic N) is 1. The largest absolute Gasteiger partial charge is 0.497 e. The molecule has 2 aliphatic rings. The summed E-state index contributed by atoms with van der Waals surface area (Å²) < 4.78 is 30.3. The van der Waals surface area contributed by atoms with E-state index in [0.29, 0.717) is 11.5 Å². The van der Waals surface area contributed by atoms with Crippen molar-refractivity contribution in [1.29, 1.82) is 0 Å². The van der Waals surface area contributed by atoms with Gasteiger partial charge in [-0.05, 0) is 47.5 Å². The summed E-state index contributed by atoms with van der Waals surface area (Å²) in [6.45, 7) is 0.326. The molecule has 2 amide bonds. The van der Waals surface area contributed by atoms with Gasteiger partial charge in [-0.25, -0.2) is 0 Å². The van der Waals surface area contributed by atoms with Crippen molar-refractivity contribution in [2.24, 2.45) is 0 Å². The summed E-state index contributed by atoms with van der Waals surface area (Å²) in [7, 11) is 1.55. The Kier molecular flexibility index (Phi) is 9.89. The molecule has 1 N–H and O–H groups in total. The molecule has 2 aliphatic heterocycles. The van der Waals surface area contributed by atoms with E-state index in [1.165, 1.54) is 12.1 Å². The maximum absolute atomic E-state index is 13.9. The number of aliphatic hydroxyl groups excluding tert-OH is 1. The van der Waals surface area contributed by atoms with Crippen LogP contribution in [0.2, 0.25) is 10.0 Å². The standard InChI is InChI=1S/C35H31Cl2NO8/c1-42-23-12-14-24(15-13-23)45-35-30(38-33(40)25-16-27(36)28(37)17-26(25)34(38)41)32(44-19-22-10-6-3-7-11-22)31(39)29(46-35)20-43-18-21-8-4-2-5-9-21/h2-17,29-32,35,39H,18-20H2,1H3/t29-,30-,31-,32-,35-/m1/s1. The van der Waals surface area contributed by atoms with Crippen LogP contribution in [-0.4, -0.2) is 66.2 Å². The monoisotopic (exact) mass is 663 g/mol. The summed E-state index contributed by atoms with van der Waals surface area (Å²) in [6, 6.07) is 27.2. The van der Waals surface area contributed by atoms with E-state index in [9.17, 15) is 14.7 Å². The average molecular weight is 665 g/mol. The fourth-order valence-corrected chi connectivity index (χ4v) is 5.88.